The maximum Gasteiger partial charge on any atom is 0.262 e. The second-order valence-electron chi connectivity index (χ2n) is 6.25. The van der Waals surface area contributed by atoms with Crippen molar-refractivity contribution in [1.82, 2.24) is 4.72 Å². The Morgan fingerprint density at radius 2 is 1.88 bits per heavy atom. The summed E-state index contributed by atoms with van der Waals surface area (Å²) in [7, 11) is -2.24. The molecule has 0 bridgehead atoms. The summed E-state index contributed by atoms with van der Waals surface area (Å²) in [4.78, 5) is 12.2. The van der Waals surface area contributed by atoms with Crippen LogP contribution in [0.15, 0.2) is 47.4 Å². The molecule has 0 aliphatic heterocycles. The van der Waals surface area contributed by atoms with Crippen molar-refractivity contribution in [2.75, 3.05) is 19.0 Å². The van der Waals surface area contributed by atoms with Crippen LogP contribution < -0.4 is 14.8 Å². The van der Waals surface area contributed by atoms with E-state index in [9.17, 15) is 13.2 Å². The fourth-order valence-electron chi connectivity index (χ4n) is 2.39. The summed E-state index contributed by atoms with van der Waals surface area (Å²) >= 11 is 0. The zero-order valence-corrected chi connectivity index (χ0v) is 16.2. The Kier molecular flexibility index (Phi) is 6.39. The van der Waals surface area contributed by atoms with Crippen LogP contribution in [0.25, 0.3) is 0 Å². The number of aryl methyl sites for hydroxylation is 1. The van der Waals surface area contributed by atoms with E-state index in [1.165, 1.54) is 13.1 Å². The molecule has 2 aromatic rings. The van der Waals surface area contributed by atoms with E-state index in [1.807, 2.05) is 18.2 Å². The topological polar surface area (TPSA) is 84.5 Å². The molecule has 0 saturated carbocycles. The molecule has 1 amide bonds. The standard InChI is InChI=1S/C19H24N2O4S/c1-13(2)15-6-5-7-17(10-15)25-12-19(22)21-16-9-8-14(3)18(11-16)26(23,24)20-4/h5-11,13,20H,12H2,1-4H3,(H,21,22). The second kappa shape index (κ2) is 8.33. The molecule has 140 valence electrons. The summed E-state index contributed by atoms with van der Waals surface area (Å²) in [5.41, 5.74) is 2.12. The number of carbonyl (C=O) groups excluding carboxylic acids is 1. The van der Waals surface area contributed by atoms with E-state index in [2.05, 4.69) is 23.9 Å². The van der Waals surface area contributed by atoms with Gasteiger partial charge in [-0.1, -0.05) is 32.0 Å². The number of anilines is 1. The van der Waals surface area contributed by atoms with E-state index < -0.39 is 10.0 Å². The highest BCUT2D eigenvalue weighted by atomic mass is 32.2. The van der Waals surface area contributed by atoms with Crippen molar-refractivity contribution >= 4 is 21.6 Å². The van der Waals surface area contributed by atoms with Crippen LogP contribution in [0.1, 0.15) is 30.9 Å². The van der Waals surface area contributed by atoms with Gasteiger partial charge in [-0.2, -0.15) is 0 Å². The smallest absolute Gasteiger partial charge is 0.262 e. The molecule has 0 unspecified atom stereocenters. The predicted octanol–water partition coefficient (Wildman–Crippen LogP) is 3.04. The van der Waals surface area contributed by atoms with Gasteiger partial charge in [0.25, 0.3) is 5.91 Å². The first-order valence-electron chi connectivity index (χ1n) is 8.29. The van der Waals surface area contributed by atoms with Crippen LogP contribution in [0.5, 0.6) is 5.75 Å². The number of ether oxygens (including phenoxy) is 1. The summed E-state index contributed by atoms with van der Waals surface area (Å²) in [6.07, 6.45) is 0. The molecule has 0 radical (unpaired) electrons. The lowest BCUT2D eigenvalue weighted by Gasteiger charge is -2.12. The Bertz CT molecular complexity index is 892. The van der Waals surface area contributed by atoms with E-state index in [0.717, 1.165) is 5.56 Å². The maximum absolute atomic E-state index is 12.1. The third kappa shape index (κ3) is 5.06. The van der Waals surface area contributed by atoms with Gasteiger partial charge in [0.05, 0.1) is 4.90 Å². The largest absolute Gasteiger partial charge is 0.484 e. The third-order valence-corrected chi connectivity index (χ3v) is 5.48. The number of rotatable bonds is 7. The minimum Gasteiger partial charge on any atom is -0.484 e. The maximum atomic E-state index is 12.1. The highest BCUT2D eigenvalue weighted by molar-refractivity contribution is 7.89. The van der Waals surface area contributed by atoms with Gasteiger partial charge in [-0.05, 0) is 55.3 Å². The van der Waals surface area contributed by atoms with Crippen molar-refractivity contribution < 1.29 is 17.9 Å². The van der Waals surface area contributed by atoms with Crippen LogP contribution in [0.3, 0.4) is 0 Å². The lowest BCUT2D eigenvalue weighted by Crippen LogP contribution is -2.22. The van der Waals surface area contributed by atoms with Crippen molar-refractivity contribution in [3.8, 4) is 5.75 Å². The molecule has 0 aromatic heterocycles. The molecule has 26 heavy (non-hydrogen) atoms. The van der Waals surface area contributed by atoms with Crippen LogP contribution in [-0.2, 0) is 14.8 Å². The van der Waals surface area contributed by atoms with E-state index in [1.54, 1.807) is 25.1 Å². The zero-order chi connectivity index (χ0) is 19.3. The molecular weight excluding hydrogens is 352 g/mol. The van der Waals surface area contributed by atoms with E-state index in [-0.39, 0.29) is 17.4 Å². The number of hydrogen-bond donors (Lipinski definition) is 2. The highest BCUT2D eigenvalue weighted by Gasteiger charge is 2.16. The normalized spacial score (nSPS) is 11.4. The van der Waals surface area contributed by atoms with Gasteiger partial charge in [0.2, 0.25) is 10.0 Å². The number of amides is 1. The molecule has 0 atom stereocenters. The first-order valence-corrected chi connectivity index (χ1v) is 9.78. The summed E-state index contributed by atoms with van der Waals surface area (Å²) in [6.45, 7) is 5.70. The molecule has 2 rings (SSSR count). The van der Waals surface area contributed by atoms with E-state index >= 15 is 0 Å². The Balaban J connectivity index is 2.04. The van der Waals surface area contributed by atoms with Crippen LogP contribution in [0.4, 0.5) is 5.69 Å². The van der Waals surface area contributed by atoms with Crippen molar-refractivity contribution in [1.29, 1.82) is 0 Å². The fraction of sp³-hybridized carbons (Fsp3) is 0.316. The Morgan fingerprint density at radius 3 is 2.54 bits per heavy atom. The van der Waals surface area contributed by atoms with Crippen LogP contribution in [-0.4, -0.2) is 28.0 Å². The van der Waals surface area contributed by atoms with Gasteiger partial charge in [-0.15, -0.1) is 0 Å². The quantitative estimate of drug-likeness (QED) is 0.778. The number of sulfonamides is 1. The minimum absolute atomic E-state index is 0.128. The third-order valence-electron chi connectivity index (χ3n) is 3.92. The molecule has 0 spiro atoms. The van der Waals surface area contributed by atoms with Crippen molar-refractivity contribution in [2.45, 2.75) is 31.6 Å². The fourth-order valence-corrected chi connectivity index (χ4v) is 3.38. The van der Waals surface area contributed by atoms with Crippen molar-refractivity contribution in [2.24, 2.45) is 0 Å². The van der Waals surface area contributed by atoms with Crippen LogP contribution in [0.2, 0.25) is 0 Å². The molecule has 7 heteroatoms. The van der Waals surface area contributed by atoms with E-state index in [0.29, 0.717) is 22.9 Å². The number of benzene rings is 2. The van der Waals surface area contributed by atoms with Gasteiger partial charge in [0.1, 0.15) is 5.75 Å². The summed E-state index contributed by atoms with van der Waals surface area (Å²) in [6, 6.07) is 12.3. The Hall–Kier alpha value is -2.38. The van der Waals surface area contributed by atoms with Gasteiger partial charge in [0, 0.05) is 5.69 Å². The van der Waals surface area contributed by atoms with Crippen molar-refractivity contribution in [3.05, 3.63) is 53.6 Å². The first kappa shape index (κ1) is 19.9. The molecule has 6 nitrogen and oxygen atoms in total. The summed E-state index contributed by atoms with van der Waals surface area (Å²) in [5, 5.41) is 2.66. The average molecular weight is 376 g/mol. The average Bonchev–Trinajstić information content (AvgIpc) is 2.61. The van der Waals surface area contributed by atoms with Gasteiger partial charge in [0.15, 0.2) is 6.61 Å². The lowest BCUT2D eigenvalue weighted by molar-refractivity contribution is -0.118. The van der Waals surface area contributed by atoms with E-state index in [4.69, 9.17) is 4.74 Å². The Morgan fingerprint density at radius 1 is 1.15 bits per heavy atom. The first-order chi connectivity index (χ1) is 12.2. The number of carbonyl (C=O) groups is 1. The Labute approximate surface area is 154 Å². The molecule has 2 N–H and O–H groups in total. The molecule has 0 heterocycles. The van der Waals surface area contributed by atoms with Crippen LogP contribution in [0, 0.1) is 6.92 Å². The SMILES string of the molecule is CNS(=O)(=O)c1cc(NC(=O)COc2cccc(C(C)C)c2)ccc1C. The summed E-state index contributed by atoms with van der Waals surface area (Å²) in [5.74, 6) is 0.623. The zero-order valence-electron chi connectivity index (χ0n) is 15.4. The molecule has 0 fully saturated rings. The number of hydrogen-bond acceptors (Lipinski definition) is 4. The van der Waals surface area contributed by atoms with Gasteiger partial charge >= 0.3 is 0 Å². The van der Waals surface area contributed by atoms with Crippen molar-refractivity contribution in [3.63, 3.8) is 0 Å². The minimum atomic E-state index is -3.59. The van der Waals surface area contributed by atoms with Gasteiger partial charge in [-0.3, -0.25) is 4.79 Å². The lowest BCUT2D eigenvalue weighted by atomic mass is 10.0. The van der Waals surface area contributed by atoms with Gasteiger partial charge < -0.3 is 10.1 Å². The monoisotopic (exact) mass is 376 g/mol. The number of nitrogens with one attached hydrogen (secondary N) is 2. The highest BCUT2D eigenvalue weighted by Crippen LogP contribution is 2.21. The predicted molar refractivity (Wildman–Crippen MR) is 102 cm³/mol. The molecule has 0 saturated heterocycles. The van der Waals surface area contributed by atoms with Gasteiger partial charge in [-0.25, -0.2) is 13.1 Å². The second-order valence-corrected chi connectivity index (χ2v) is 8.11. The summed E-state index contributed by atoms with van der Waals surface area (Å²) < 4.78 is 31.8. The molecule has 2 aromatic carbocycles. The molecule has 0 aliphatic rings. The molecule has 0 aliphatic carbocycles. The molecular formula is C19H24N2O4S. The van der Waals surface area contributed by atoms with Crippen LogP contribution >= 0.6 is 0 Å².